The molecule has 0 fully saturated rings. The van der Waals surface area contributed by atoms with Gasteiger partial charge in [0.2, 0.25) is 0 Å². The van der Waals surface area contributed by atoms with Gasteiger partial charge in [0.25, 0.3) is 0 Å². The van der Waals surface area contributed by atoms with E-state index in [1.165, 1.54) is 11.5 Å². The molecular weight excluding hydrogens is 224 g/mol. The van der Waals surface area contributed by atoms with Crippen molar-refractivity contribution in [2.75, 3.05) is 5.73 Å². The number of nitrogens with zero attached hydrogens (tertiary/aromatic N) is 5. The molecule has 0 aromatic carbocycles. The predicted molar refractivity (Wildman–Crippen MR) is 61.0 cm³/mol. The van der Waals surface area contributed by atoms with Gasteiger partial charge in [0.05, 0.1) is 11.3 Å². The van der Waals surface area contributed by atoms with Crippen LogP contribution in [0.2, 0.25) is 0 Å². The average molecular weight is 232 g/mol. The van der Waals surface area contributed by atoms with Gasteiger partial charge in [0.1, 0.15) is 11.3 Å². The molecule has 3 heterocycles. The summed E-state index contributed by atoms with van der Waals surface area (Å²) in [5, 5.41) is 8.82. The number of hydrogen-bond donors (Lipinski definition) is 1. The second kappa shape index (κ2) is 3.24. The van der Waals surface area contributed by atoms with Gasteiger partial charge < -0.3 is 5.73 Å². The average Bonchev–Trinajstić information content (AvgIpc) is 2.83. The minimum Gasteiger partial charge on any atom is -0.389 e. The number of aromatic nitrogens is 5. The molecule has 3 aromatic rings. The van der Waals surface area contributed by atoms with E-state index in [1.807, 2.05) is 6.92 Å². The van der Waals surface area contributed by atoms with Crippen LogP contribution in [0.25, 0.3) is 17.0 Å². The SMILES string of the molecule is Cc1nsc(N)c1-c1nnc2ccncn12. The fraction of sp³-hybridized carbons (Fsp3) is 0.111. The standard InChI is InChI=1S/C9H8N6S/c1-5-7(8(10)16-14-5)9-13-12-6-2-3-11-4-15(6)9/h2-4H,10H2,1H3. The Morgan fingerprint density at radius 3 is 3.00 bits per heavy atom. The molecule has 80 valence electrons. The first-order valence-electron chi connectivity index (χ1n) is 4.64. The number of aryl methyl sites for hydroxylation is 1. The van der Waals surface area contributed by atoms with Gasteiger partial charge in [-0.25, -0.2) is 4.98 Å². The summed E-state index contributed by atoms with van der Waals surface area (Å²) in [5.41, 5.74) is 8.32. The van der Waals surface area contributed by atoms with Gasteiger partial charge in [0, 0.05) is 12.3 Å². The van der Waals surface area contributed by atoms with Crippen molar-refractivity contribution in [1.29, 1.82) is 0 Å². The molecule has 0 aliphatic carbocycles. The highest BCUT2D eigenvalue weighted by molar-refractivity contribution is 7.10. The highest BCUT2D eigenvalue weighted by Gasteiger charge is 2.16. The zero-order valence-corrected chi connectivity index (χ0v) is 9.27. The van der Waals surface area contributed by atoms with Gasteiger partial charge >= 0.3 is 0 Å². The molecular formula is C9H8N6S. The topological polar surface area (TPSA) is 82.0 Å². The first-order chi connectivity index (χ1) is 7.77. The van der Waals surface area contributed by atoms with Gasteiger partial charge in [-0.05, 0) is 18.5 Å². The van der Waals surface area contributed by atoms with E-state index in [2.05, 4.69) is 19.6 Å². The van der Waals surface area contributed by atoms with Crippen molar-refractivity contribution < 1.29 is 0 Å². The van der Waals surface area contributed by atoms with E-state index >= 15 is 0 Å². The van der Waals surface area contributed by atoms with E-state index in [9.17, 15) is 0 Å². The van der Waals surface area contributed by atoms with Crippen molar-refractivity contribution in [3.8, 4) is 11.4 Å². The maximum absolute atomic E-state index is 5.88. The van der Waals surface area contributed by atoms with E-state index in [1.54, 1.807) is 23.0 Å². The summed E-state index contributed by atoms with van der Waals surface area (Å²) in [7, 11) is 0. The Bertz CT molecular complexity index is 635. The van der Waals surface area contributed by atoms with Crippen LogP contribution in [-0.4, -0.2) is 24.0 Å². The summed E-state index contributed by atoms with van der Waals surface area (Å²) in [6.07, 6.45) is 3.34. The zero-order chi connectivity index (χ0) is 11.1. The molecule has 16 heavy (non-hydrogen) atoms. The molecule has 0 atom stereocenters. The molecule has 7 heteroatoms. The Morgan fingerprint density at radius 2 is 2.25 bits per heavy atom. The smallest absolute Gasteiger partial charge is 0.174 e. The maximum Gasteiger partial charge on any atom is 0.174 e. The zero-order valence-electron chi connectivity index (χ0n) is 8.45. The lowest BCUT2D eigenvalue weighted by molar-refractivity contribution is 1.07. The van der Waals surface area contributed by atoms with Crippen molar-refractivity contribution in [2.24, 2.45) is 0 Å². The molecule has 0 unspecified atom stereocenters. The fourth-order valence-corrected chi connectivity index (χ4v) is 2.23. The number of hydrogen-bond acceptors (Lipinski definition) is 6. The highest BCUT2D eigenvalue weighted by Crippen LogP contribution is 2.30. The molecule has 0 saturated heterocycles. The van der Waals surface area contributed by atoms with Crippen LogP contribution in [0.5, 0.6) is 0 Å². The molecule has 0 bridgehead atoms. The van der Waals surface area contributed by atoms with E-state index in [4.69, 9.17) is 5.73 Å². The second-order valence-corrected chi connectivity index (χ2v) is 4.14. The van der Waals surface area contributed by atoms with Crippen LogP contribution in [0.1, 0.15) is 5.69 Å². The molecule has 3 aromatic heterocycles. The van der Waals surface area contributed by atoms with E-state index in [0.29, 0.717) is 10.8 Å². The summed E-state index contributed by atoms with van der Waals surface area (Å²) >= 11 is 1.26. The summed E-state index contributed by atoms with van der Waals surface area (Å²) in [4.78, 5) is 4.04. The Kier molecular flexibility index (Phi) is 1.87. The van der Waals surface area contributed by atoms with Gasteiger partial charge in [-0.2, -0.15) is 4.37 Å². The van der Waals surface area contributed by atoms with E-state index in [0.717, 1.165) is 16.9 Å². The lowest BCUT2D eigenvalue weighted by Crippen LogP contribution is -1.93. The Hall–Kier alpha value is -2.02. The lowest BCUT2D eigenvalue weighted by Gasteiger charge is -1.98. The summed E-state index contributed by atoms with van der Waals surface area (Å²) in [6, 6.07) is 1.79. The number of nitrogens with two attached hydrogens (primary N) is 1. The number of rotatable bonds is 1. The highest BCUT2D eigenvalue weighted by atomic mass is 32.1. The van der Waals surface area contributed by atoms with Crippen molar-refractivity contribution in [3.05, 3.63) is 24.3 Å². The predicted octanol–water partition coefficient (Wildman–Crippen LogP) is 1.14. The van der Waals surface area contributed by atoms with Crippen LogP contribution >= 0.6 is 11.5 Å². The molecule has 0 aliphatic heterocycles. The maximum atomic E-state index is 5.88. The monoisotopic (exact) mass is 232 g/mol. The fourth-order valence-electron chi connectivity index (χ4n) is 1.58. The minimum absolute atomic E-state index is 0.649. The van der Waals surface area contributed by atoms with Crippen LogP contribution in [0.3, 0.4) is 0 Å². The largest absolute Gasteiger partial charge is 0.389 e. The van der Waals surface area contributed by atoms with Crippen LogP contribution in [0.15, 0.2) is 18.6 Å². The van der Waals surface area contributed by atoms with Gasteiger partial charge in [-0.1, -0.05) is 0 Å². The van der Waals surface area contributed by atoms with Crippen molar-refractivity contribution in [1.82, 2.24) is 24.0 Å². The summed E-state index contributed by atoms with van der Waals surface area (Å²) in [6.45, 7) is 1.90. The number of nitrogen functional groups attached to an aromatic ring is 1. The Morgan fingerprint density at radius 1 is 1.38 bits per heavy atom. The molecule has 0 aliphatic rings. The third-order valence-electron chi connectivity index (χ3n) is 2.33. The minimum atomic E-state index is 0.649. The van der Waals surface area contributed by atoms with E-state index < -0.39 is 0 Å². The molecule has 0 saturated carbocycles. The Balaban J connectivity index is 2.35. The van der Waals surface area contributed by atoms with Crippen LogP contribution < -0.4 is 5.73 Å². The summed E-state index contributed by atoms with van der Waals surface area (Å²) < 4.78 is 5.99. The van der Waals surface area contributed by atoms with Crippen molar-refractivity contribution in [3.63, 3.8) is 0 Å². The molecule has 0 spiro atoms. The normalized spacial score (nSPS) is 11.1. The molecule has 2 N–H and O–H groups in total. The van der Waals surface area contributed by atoms with Gasteiger partial charge in [-0.15, -0.1) is 10.2 Å². The quantitative estimate of drug-likeness (QED) is 0.680. The number of anilines is 1. The van der Waals surface area contributed by atoms with Crippen molar-refractivity contribution in [2.45, 2.75) is 6.92 Å². The van der Waals surface area contributed by atoms with Gasteiger partial charge in [-0.3, -0.25) is 4.40 Å². The van der Waals surface area contributed by atoms with Crippen molar-refractivity contribution >= 4 is 22.2 Å². The van der Waals surface area contributed by atoms with Crippen LogP contribution in [0.4, 0.5) is 5.00 Å². The lowest BCUT2D eigenvalue weighted by atomic mass is 10.2. The third-order valence-corrected chi connectivity index (χ3v) is 3.09. The second-order valence-electron chi connectivity index (χ2n) is 3.34. The van der Waals surface area contributed by atoms with Gasteiger partial charge in [0.15, 0.2) is 11.5 Å². The Labute approximate surface area is 94.9 Å². The molecule has 0 amide bonds. The third kappa shape index (κ3) is 1.18. The first-order valence-corrected chi connectivity index (χ1v) is 5.41. The van der Waals surface area contributed by atoms with Crippen LogP contribution in [-0.2, 0) is 0 Å². The first kappa shape index (κ1) is 9.22. The molecule has 3 rings (SSSR count). The molecule has 0 radical (unpaired) electrons. The molecule has 6 nitrogen and oxygen atoms in total. The van der Waals surface area contributed by atoms with Crippen LogP contribution in [0, 0.1) is 6.92 Å². The van der Waals surface area contributed by atoms with E-state index in [-0.39, 0.29) is 0 Å². The summed E-state index contributed by atoms with van der Waals surface area (Å²) in [5.74, 6) is 0.687. The number of fused-ring (bicyclic) bond motifs is 1.